The molecule has 3 rings (SSSR count). The van der Waals surface area contributed by atoms with Crippen LogP contribution >= 0.6 is 27.5 Å². The monoisotopic (exact) mass is 426 g/mol. The van der Waals surface area contributed by atoms with Gasteiger partial charge >= 0.3 is 0 Å². The van der Waals surface area contributed by atoms with E-state index in [1.165, 1.54) is 10.2 Å². The molecular weight excluding hydrogens is 408 g/mol. The second-order valence-electron chi connectivity index (χ2n) is 5.90. The Morgan fingerprint density at radius 3 is 2.68 bits per heavy atom. The first-order valence-corrected chi connectivity index (χ1v) is 9.26. The minimum atomic E-state index is -0.167. The lowest BCUT2D eigenvalue weighted by atomic mass is 10.0. The summed E-state index contributed by atoms with van der Waals surface area (Å²) < 4.78 is 7.26. The average molecular weight is 428 g/mol. The van der Waals surface area contributed by atoms with Crippen LogP contribution in [0.4, 0.5) is 5.69 Å². The Kier molecular flexibility index (Phi) is 6.11. The van der Waals surface area contributed by atoms with Crippen molar-refractivity contribution in [2.24, 2.45) is 7.05 Å². The van der Waals surface area contributed by atoms with Crippen LogP contribution < -0.4 is 10.9 Å². The van der Waals surface area contributed by atoms with Crippen LogP contribution in [0.5, 0.6) is 0 Å². The zero-order chi connectivity index (χ0) is 17.8. The van der Waals surface area contributed by atoms with Gasteiger partial charge in [-0.15, -0.1) is 0 Å². The van der Waals surface area contributed by atoms with Crippen molar-refractivity contribution in [1.29, 1.82) is 0 Å². The van der Waals surface area contributed by atoms with E-state index >= 15 is 0 Å². The Morgan fingerprint density at radius 2 is 2.00 bits per heavy atom. The Labute approximate surface area is 159 Å². The molecule has 0 amide bonds. The summed E-state index contributed by atoms with van der Waals surface area (Å²) in [5.74, 6) is 0. The predicted octanol–water partition coefficient (Wildman–Crippen LogP) is 2.68. The van der Waals surface area contributed by atoms with Crippen LogP contribution in [0.1, 0.15) is 11.6 Å². The van der Waals surface area contributed by atoms with Gasteiger partial charge in [-0.3, -0.25) is 9.69 Å². The van der Waals surface area contributed by atoms with Crippen LogP contribution in [0.2, 0.25) is 5.02 Å². The van der Waals surface area contributed by atoms with Gasteiger partial charge < -0.3 is 10.1 Å². The van der Waals surface area contributed by atoms with Gasteiger partial charge in [-0.25, -0.2) is 4.68 Å². The molecule has 2 aromatic rings. The van der Waals surface area contributed by atoms with Gasteiger partial charge in [-0.2, -0.15) is 5.10 Å². The third-order valence-electron chi connectivity index (χ3n) is 4.31. The van der Waals surface area contributed by atoms with E-state index in [4.69, 9.17) is 16.3 Å². The number of aromatic nitrogens is 2. The number of benzene rings is 1. The zero-order valence-corrected chi connectivity index (χ0v) is 16.3. The predicted molar refractivity (Wildman–Crippen MR) is 102 cm³/mol. The average Bonchev–Trinajstić information content (AvgIpc) is 2.64. The highest BCUT2D eigenvalue weighted by Crippen LogP contribution is 2.25. The lowest BCUT2D eigenvalue weighted by Gasteiger charge is -2.35. The fourth-order valence-corrected chi connectivity index (χ4v) is 3.50. The maximum Gasteiger partial charge on any atom is 0.282 e. The summed E-state index contributed by atoms with van der Waals surface area (Å²) in [4.78, 5) is 14.4. The second kappa shape index (κ2) is 8.31. The van der Waals surface area contributed by atoms with Crippen LogP contribution in [-0.2, 0) is 11.8 Å². The van der Waals surface area contributed by atoms with E-state index in [1.54, 1.807) is 13.2 Å². The van der Waals surface area contributed by atoms with Crippen molar-refractivity contribution in [2.45, 2.75) is 6.04 Å². The van der Waals surface area contributed by atoms with Crippen molar-refractivity contribution in [2.75, 3.05) is 38.2 Å². The number of anilines is 1. The van der Waals surface area contributed by atoms with Crippen molar-refractivity contribution in [3.05, 3.63) is 55.9 Å². The molecule has 0 saturated carbocycles. The van der Waals surface area contributed by atoms with Crippen molar-refractivity contribution in [3.63, 3.8) is 0 Å². The number of ether oxygens (including phenoxy) is 1. The fraction of sp³-hybridized carbons (Fsp3) is 0.412. The Bertz CT molecular complexity index is 775. The highest BCUT2D eigenvalue weighted by Gasteiger charge is 2.23. The van der Waals surface area contributed by atoms with Gasteiger partial charge in [0.05, 0.1) is 31.1 Å². The number of aryl methyl sites for hydroxylation is 1. The SMILES string of the molecule is Cn1ncc(NCC(c2ccc(Cl)cc2)N2CCOCC2)c(Br)c1=O. The molecule has 25 heavy (non-hydrogen) atoms. The van der Waals surface area contributed by atoms with E-state index < -0.39 is 0 Å². The zero-order valence-electron chi connectivity index (χ0n) is 13.9. The molecule has 1 aliphatic rings. The molecule has 8 heteroatoms. The first-order valence-electron chi connectivity index (χ1n) is 8.09. The van der Waals surface area contributed by atoms with Gasteiger partial charge in [0, 0.05) is 31.7 Å². The normalized spacial score (nSPS) is 16.6. The van der Waals surface area contributed by atoms with E-state index in [-0.39, 0.29) is 11.6 Å². The van der Waals surface area contributed by atoms with Gasteiger partial charge in [-0.1, -0.05) is 23.7 Å². The van der Waals surface area contributed by atoms with Gasteiger partial charge in [0.2, 0.25) is 0 Å². The summed E-state index contributed by atoms with van der Waals surface area (Å²) >= 11 is 9.38. The molecule has 1 saturated heterocycles. The molecule has 0 spiro atoms. The largest absolute Gasteiger partial charge is 0.381 e. The first kappa shape index (κ1) is 18.4. The minimum Gasteiger partial charge on any atom is -0.381 e. The lowest BCUT2D eigenvalue weighted by molar-refractivity contribution is 0.0187. The van der Waals surface area contributed by atoms with Crippen LogP contribution in [0, 0.1) is 0 Å². The smallest absolute Gasteiger partial charge is 0.282 e. The molecular formula is C17H20BrClN4O2. The summed E-state index contributed by atoms with van der Waals surface area (Å²) in [5.41, 5.74) is 1.70. The fourth-order valence-electron chi connectivity index (χ4n) is 2.87. The summed E-state index contributed by atoms with van der Waals surface area (Å²) in [5, 5.41) is 8.15. The quantitative estimate of drug-likeness (QED) is 0.795. The Balaban J connectivity index is 1.81. The highest BCUT2D eigenvalue weighted by atomic mass is 79.9. The molecule has 0 aliphatic carbocycles. The number of halogens is 2. The number of nitrogens with zero attached hydrogens (tertiary/aromatic N) is 3. The molecule has 1 aliphatic heterocycles. The van der Waals surface area contributed by atoms with E-state index in [9.17, 15) is 4.79 Å². The Hall–Kier alpha value is -1.41. The van der Waals surface area contributed by atoms with Gasteiger partial charge in [0.1, 0.15) is 4.47 Å². The van der Waals surface area contributed by atoms with Crippen molar-refractivity contribution in [3.8, 4) is 0 Å². The molecule has 2 heterocycles. The summed E-state index contributed by atoms with van der Waals surface area (Å²) in [6.45, 7) is 3.83. The van der Waals surface area contributed by atoms with E-state index in [1.807, 2.05) is 24.3 Å². The van der Waals surface area contributed by atoms with E-state index in [2.05, 4.69) is 31.2 Å². The number of morpholine rings is 1. The molecule has 1 aromatic heterocycles. The molecule has 134 valence electrons. The van der Waals surface area contributed by atoms with Gasteiger partial charge in [0.15, 0.2) is 0 Å². The van der Waals surface area contributed by atoms with E-state index in [0.29, 0.717) is 16.7 Å². The highest BCUT2D eigenvalue weighted by molar-refractivity contribution is 9.10. The number of hydrogen-bond acceptors (Lipinski definition) is 5. The topological polar surface area (TPSA) is 59.4 Å². The van der Waals surface area contributed by atoms with E-state index in [0.717, 1.165) is 31.3 Å². The number of hydrogen-bond donors (Lipinski definition) is 1. The molecule has 1 unspecified atom stereocenters. The minimum absolute atomic E-state index is 0.150. The molecule has 1 N–H and O–H groups in total. The van der Waals surface area contributed by atoms with Crippen LogP contribution in [-0.4, -0.2) is 47.5 Å². The third-order valence-corrected chi connectivity index (χ3v) is 5.32. The second-order valence-corrected chi connectivity index (χ2v) is 7.13. The van der Waals surface area contributed by atoms with Crippen molar-refractivity contribution in [1.82, 2.24) is 14.7 Å². The first-order chi connectivity index (χ1) is 12.1. The summed E-state index contributed by atoms with van der Waals surface area (Å²) in [6, 6.07) is 8.04. The lowest BCUT2D eigenvalue weighted by Crippen LogP contribution is -2.41. The number of nitrogens with one attached hydrogen (secondary N) is 1. The number of rotatable bonds is 5. The Morgan fingerprint density at radius 1 is 1.32 bits per heavy atom. The molecule has 1 fully saturated rings. The molecule has 0 radical (unpaired) electrons. The van der Waals surface area contributed by atoms with Crippen LogP contribution in [0.25, 0.3) is 0 Å². The molecule has 0 bridgehead atoms. The molecule has 1 atom stereocenters. The maximum atomic E-state index is 12.0. The van der Waals surface area contributed by atoms with Crippen molar-refractivity contribution >= 4 is 33.2 Å². The van der Waals surface area contributed by atoms with Gasteiger partial charge in [0.25, 0.3) is 5.56 Å². The molecule has 1 aromatic carbocycles. The third kappa shape index (κ3) is 4.41. The molecule has 6 nitrogen and oxygen atoms in total. The van der Waals surface area contributed by atoms with Crippen molar-refractivity contribution < 1.29 is 4.74 Å². The van der Waals surface area contributed by atoms with Crippen LogP contribution in [0.3, 0.4) is 0 Å². The maximum absolute atomic E-state index is 12.0. The standard InChI is InChI=1S/C17H20BrClN4O2/c1-22-17(24)16(18)14(10-21-22)20-11-15(23-6-8-25-9-7-23)12-2-4-13(19)5-3-12/h2-5,10,15,20H,6-9,11H2,1H3. The van der Waals surface area contributed by atoms with Crippen LogP contribution in [0.15, 0.2) is 39.7 Å². The van der Waals surface area contributed by atoms with Gasteiger partial charge in [-0.05, 0) is 33.6 Å². The summed E-state index contributed by atoms with van der Waals surface area (Å²) in [6.07, 6.45) is 1.66. The summed E-state index contributed by atoms with van der Waals surface area (Å²) in [7, 11) is 1.63.